The number of aliphatic hydroxyl groups is 1. The first kappa shape index (κ1) is 20.4. The zero-order chi connectivity index (χ0) is 19.5. The third-order valence-corrected chi connectivity index (χ3v) is 4.76. The maximum Gasteiger partial charge on any atom is 0.407 e. The summed E-state index contributed by atoms with van der Waals surface area (Å²) >= 11 is 0. The molecule has 1 aliphatic carbocycles. The fraction of sp³-hybridized carbons (Fsp3) is 0.619. The fourth-order valence-electron chi connectivity index (χ4n) is 3.37. The van der Waals surface area contributed by atoms with Gasteiger partial charge < -0.3 is 15.2 Å². The van der Waals surface area contributed by atoms with Crippen molar-refractivity contribution in [2.75, 3.05) is 0 Å². The molecule has 1 aromatic carbocycles. The molecule has 1 fully saturated rings. The molecule has 26 heavy (non-hydrogen) atoms. The molecule has 2 N–H and O–H groups in total. The van der Waals surface area contributed by atoms with Crippen molar-refractivity contribution in [3.8, 4) is 0 Å². The molecule has 0 radical (unpaired) electrons. The maximum absolute atomic E-state index is 12.4. The number of hydrogen-bond acceptors (Lipinski definition) is 4. The minimum Gasteiger partial charge on any atom is -0.444 e. The van der Waals surface area contributed by atoms with Crippen LogP contribution in [0.3, 0.4) is 0 Å². The van der Waals surface area contributed by atoms with E-state index in [2.05, 4.69) is 12.2 Å². The number of alkyl carbamates (subject to hydrolysis) is 1. The van der Waals surface area contributed by atoms with Gasteiger partial charge in [0.05, 0.1) is 24.0 Å². The number of unbranched alkanes of at least 4 members (excludes halogenated alkanes) is 1. The quantitative estimate of drug-likeness (QED) is 0.776. The summed E-state index contributed by atoms with van der Waals surface area (Å²) < 4.78 is 5.31. The van der Waals surface area contributed by atoms with Gasteiger partial charge in [0.25, 0.3) is 0 Å². The summed E-state index contributed by atoms with van der Waals surface area (Å²) in [6, 6.07) is 7.26. The summed E-state index contributed by atoms with van der Waals surface area (Å²) in [4.78, 5) is 24.5. The van der Waals surface area contributed by atoms with Crippen LogP contribution in [-0.2, 0) is 9.53 Å². The third kappa shape index (κ3) is 5.07. The van der Waals surface area contributed by atoms with Crippen LogP contribution in [0, 0.1) is 12.8 Å². The van der Waals surface area contributed by atoms with Gasteiger partial charge in [-0.1, -0.05) is 44.0 Å². The molecule has 1 saturated carbocycles. The van der Waals surface area contributed by atoms with E-state index in [1.165, 1.54) is 0 Å². The Morgan fingerprint density at radius 2 is 1.96 bits per heavy atom. The number of carbonyl (C=O) groups is 2. The molecule has 5 nitrogen and oxygen atoms in total. The number of rotatable bonds is 7. The van der Waals surface area contributed by atoms with Crippen LogP contribution in [0.1, 0.15) is 64.0 Å². The molecule has 0 aliphatic heterocycles. The van der Waals surface area contributed by atoms with E-state index in [-0.39, 0.29) is 11.7 Å². The van der Waals surface area contributed by atoms with E-state index in [1.54, 1.807) is 20.8 Å². The Kier molecular flexibility index (Phi) is 6.45. The van der Waals surface area contributed by atoms with Gasteiger partial charge in [-0.25, -0.2) is 4.79 Å². The molecule has 3 unspecified atom stereocenters. The van der Waals surface area contributed by atoms with Crippen LogP contribution in [0.25, 0.3) is 0 Å². The van der Waals surface area contributed by atoms with Crippen molar-refractivity contribution < 1.29 is 19.4 Å². The van der Waals surface area contributed by atoms with Crippen molar-refractivity contribution in [2.24, 2.45) is 5.92 Å². The van der Waals surface area contributed by atoms with E-state index in [1.807, 2.05) is 31.2 Å². The summed E-state index contributed by atoms with van der Waals surface area (Å²) in [5, 5.41) is 13.6. The summed E-state index contributed by atoms with van der Waals surface area (Å²) in [6.45, 7) is 9.40. The van der Waals surface area contributed by atoms with Crippen LogP contribution < -0.4 is 5.32 Å². The van der Waals surface area contributed by atoms with Gasteiger partial charge in [0.2, 0.25) is 0 Å². The maximum atomic E-state index is 12.4. The second kappa shape index (κ2) is 8.21. The molecular formula is C21H31NO4. The number of Topliss-reactive ketones (excluding diaryl/α,β-unsaturated/α-hetero) is 1. The molecule has 0 saturated heterocycles. The van der Waals surface area contributed by atoms with Gasteiger partial charge in [0.15, 0.2) is 0 Å². The lowest BCUT2D eigenvalue weighted by Gasteiger charge is -2.26. The van der Waals surface area contributed by atoms with E-state index >= 15 is 0 Å². The number of amides is 1. The highest BCUT2D eigenvalue weighted by Gasteiger charge is 2.56. The van der Waals surface area contributed by atoms with Gasteiger partial charge in [-0.05, 0) is 45.2 Å². The molecule has 1 aromatic rings. The van der Waals surface area contributed by atoms with Crippen molar-refractivity contribution in [2.45, 2.75) is 77.5 Å². The van der Waals surface area contributed by atoms with Gasteiger partial charge in [0, 0.05) is 0 Å². The zero-order valence-electron chi connectivity index (χ0n) is 16.4. The predicted molar refractivity (Wildman–Crippen MR) is 101 cm³/mol. The molecule has 1 amide bonds. The molecule has 0 spiro atoms. The Balaban J connectivity index is 2.09. The van der Waals surface area contributed by atoms with Crippen LogP contribution in [-0.4, -0.2) is 34.7 Å². The number of nitrogens with one attached hydrogen (secondary N) is 1. The zero-order valence-corrected chi connectivity index (χ0v) is 16.4. The van der Waals surface area contributed by atoms with Gasteiger partial charge in [-0.2, -0.15) is 0 Å². The number of carbonyl (C=O) groups excluding carboxylic acids is 2. The van der Waals surface area contributed by atoms with Crippen LogP contribution in [0.4, 0.5) is 4.79 Å². The Morgan fingerprint density at radius 3 is 2.54 bits per heavy atom. The average Bonchev–Trinajstić information content (AvgIpc) is 3.20. The Morgan fingerprint density at radius 1 is 1.31 bits per heavy atom. The Bertz CT molecular complexity index is 650. The molecule has 144 valence electrons. The SMILES string of the molecule is CCCC[C@H](NC(=O)OC(C)(C)C)C(O)C1C(=O)C1c1ccccc1C. The molecule has 0 heterocycles. The van der Waals surface area contributed by atoms with E-state index in [9.17, 15) is 14.7 Å². The molecule has 0 bridgehead atoms. The van der Waals surface area contributed by atoms with Crippen molar-refractivity contribution in [3.05, 3.63) is 35.4 Å². The second-order valence-corrected chi connectivity index (χ2v) is 8.15. The lowest BCUT2D eigenvalue weighted by atomic mass is 9.96. The van der Waals surface area contributed by atoms with E-state index in [0.717, 1.165) is 24.0 Å². The van der Waals surface area contributed by atoms with Crippen LogP contribution in [0.5, 0.6) is 0 Å². The van der Waals surface area contributed by atoms with E-state index in [0.29, 0.717) is 6.42 Å². The van der Waals surface area contributed by atoms with Crippen molar-refractivity contribution in [1.29, 1.82) is 0 Å². The first-order chi connectivity index (χ1) is 12.2. The molecule has 0 aromatic heterocycles. The summed E-state index contributed by atoms with van der Waals surface area (Å²) in [5.74, 6) is -0.706. The number of hydrogen-bond donors (Lipinski definition) is 2. The minimum absolute atomic E-state index is 0.0410. The van der Waals surface area contributed by atoms with Crippen LogP contribution in [0.15, 0.2) is 24.3 Å². The van der Waals surface area contributed by atoms with Crippen LogP contribution in [0.2, 0.25) is 0 Å². The Hall–Kier alpha value is -1.88. The molecule has 4 atom stereocenters. The Labute approximate surface area is 156 Å². The predicted octanol–water partition coefficient (Wildman–Crippen LogP) is 3.72. The highest BCUT2D eigenvalue weighted by Crippen LogP contribution is 2.47. The van der Waals surface area contributed by atoms with Crippen LogP contribution >= 0.6 is 0 Å². The summed E-state index contributed by atoms with van der Waals surface area (Å²) in [5.41, 5.74) is 1.41. The van der Waals surface area contributed by atoms with Gasteiger partial charge in [-0.15, -0.1) is 0 Å². The highest BCUT2D eigenvalue weighted by molar-refractivity contribution is 6.05. The lowest BCUT2D eigenvalue weighted by molar-refractivity contribution is -0.112. The first-order valence-electron chi connectivity index (χ1n) is 9.42. The number of aliphatic hydroxyl groups excluding tert-OH is 1. The fourth-order valence-corrected chi connectivity index (χ4v) is 3.37. The molecular weight excluding hydrogens is 330 g/mol. The van der Waals surface area contributed by atoms with E-state index in [4.69, 9.17) is 4.74 Å². The third-order valence-electron chi connectivity index (χ3n) is 4.76. The van der Waals surface area contributed by atoms with Crippen molar-refractivity contribution >= 4 is 11.9 Å². The summed E-state index contributed by atoms with van der Waals surface area (Å²) in [7, 11) is 0. The highest BCUT2D eigenvalue weighted by atomic mass is 16.6. The minimum atomic E-state index is -0.911. The smallest absolute Gasteiger partial charge is 0.407 e. The molecule has 5 heteroatoms. The number of benzene rings is 1. The van der Waals surface area contributed by atoms with E-state index < -0.39 is 29.8 Å². The normalized spacial score (nSPS) is 21.8. The number of ketones is 1. The largest absolute Gasteiger partial charge is 0.444 e. The average molecular weight is 361 g/mol. The van der Waals surface area contributed by atoms with Gasteiger partial charge in [-0.3, -0.25) is 4.79 Å². The number of aryl methyl sites for hydroxylation is 1. The van der Waals surface area contributed by atoms with Gasteiger partial charge in [0.1, 0.15) is 11.4 Å². The molecule has 1 aliphatic rings. The second-order valence-electron chi connectivity index (χ2n) is 8.15. The summed E-state index contributed by atoms with van der Waals surface area (Å²) in [6.07, 6.45) is 0.942. The van der Waals surface area contributed by atoms with Crippen molar-refractivity contribution in [1.82, 2.24) is 5.32 Å². The standard InChI is InChI=1S/C21H31NO4/c1-6-7-12-15(22-20(25)26-21(3,4)5)18(23)17-16(19(17)24)14-11-9-8-10-13(14)2/h8-11,15-18,23H,6-7,12H2,1-5H3,(H,22,25)/t15-,16?,17?,18?/m0/s1. The first-order valence-corrected chi connectivity index (χ1v) is 9.42. The number of ether oxygens (including phenoxy) is 1. The van der Waals surface area contributed by atoms with Crippen molar-refractivity contribution in [3.63, 3.8) is 0 Å². The lowest BCUT2D eigenvalue weighted by Crippen LogP contribution is -2.46. The monoisotopic (exact) mass is 361 g/mol. The van der Waals surface area contributed by atoms with Gasteiger partial charge >= 0.3 is 6.09 Å². The molecule has 2 rings (SSSR count). The topological polar surface area (TPSA) is 75.6 Å².